The molecule has 0 radical (unpaired) electrons. The van der Waals surface area contributed by atoms with Gasteiger partial charge in [-0.15, -0.1) is 0 Å². The van der Waals surface area contributed by atoms with Crippen molar-refractivity contribution in [3.05, 3.63) is 29.8 Å². The number of piperazine rings is 1. The molecule has 4 heteroatoms. The van der Waals surface area contributed by atoms with Gasteiger partial charge in [0, 0.05) is 32.2 Å². The van der Waals surface area contributed by atoms with Crippen molar-refractivity contribution in [3.63, 3.8) is 0 Å². The SMILES string of the molecule is CCCCC[C@H](c1ccc(O[Si](C)(C)C)cc1)N1CCNCC1. The Kier molecular flexibility index (Phi) is 7.12. The predicted octanol–water partition coefficient (Wildman–Crippen LogP) is 4.43. The lowest BCUT2D eigenvalue weighted by Crippen LogP contribution is -2.45. The topological polar surface area (TPSA) is 24.5 Å². The number of nitrogens with one attached hydrogen (secondary N) is 1. The van der Waals surface area contributed by atoms with Crippen LogP contribution in [0.2, 0.25) is 19.6 Å². The summed E-state index contributed by atoms with van der Waals surface area (Å²) in [4.78, 5) is 2.65. The minimum atomic E-state index is -1.52. The summed E-state index contributed by atoms with van der Waals surface area (Å²) < 4.78 is 6.10. The molecule has 130 valence electrons. The Balaban J connectivity index is 2.07. The first-order chi connectivity index (χ1) is 11.0. The van der Waals surface area contributed by atoms with Crippen LogP contribution in [-0.2, 0) is 0 Å². The zero-order chi connectivity index (χ0) is 16.7. The minimum Gasteiger partial charge on any atom is -0.544 e. The highest BCUT2D eigenvalue weighted by Gasteiger charge is 2.22. The third-order valence-electron chi connectivity index (χ3n) is 4.36. The van der Waals surface area contributed by atoms with Crippen molar-refractivity contribution >= 4 is 8.32 Å². The largest absolute Gasteiger partial charge is 0.544 e. The molecule has 0 saturated carbocycles. The first kappa shape index (κ1) is 18.5. The molecule has 1 atom stereocenters. The summed E-state index contributed by atoms with van der Waals surface area (Å²) >= 11 is 0. The van der Waals surface area contributed by atoms with E-state index in [1.54, 1.807) is 0 Å². The molecule has 1 aromatic carbocycles. The summed E-state index contributed by atoms with van der Waals surface area (Å²) in [5.41, 5.74) is 1.45. The standard InChI is InChI=1S/C19H34N2OSi/c1-5-6-7-8-19(21-15-13-20-14-16-21)17-9-11-18(12-10-17)22-23(2,3)4/h9-12,19-20H,5-8,13-16H2,1-4H3/t19-/m1/s1. The Morgan fingerprint density at radius 3 is 2.30 bits per heavy atom. The van der Waals surface area contributed by atoms with Crippen LogP contribution in [-0.4, -0.2) is 39.4 Å². The van der Waals surface area contributed by atoms with Gasteiger partial charge in [-0.1, -0.05) is 38.3 Å². The molecule has 1 aromatic rings. The Hall–Kier alpha value is -0.843. The van der Waals surface area contributed by atoms with E-state index in [0.29, 0.717) is 6.04 Å². The highest BCUT2D eigenvalue weighted by Crippen LogP contribution is 2.29. The molecule has 1 aliphatic heterocycles. The van der Waals surface area contributed by atoms with Gasteiger partial charge < -0.3 is 9.74 Å². The quantitative estimate of drug-likeness (QED) is 0.562. The second-order valence-electron chi connectivity index (χ2n) is 7.58. The fraction of sp³-hybridized carbons (Fsp3) is 0.684. The molecule has 3 nitrogen and oxygen atoms in total. The molecule has 0 bridgehead atoms. The number of hydrogen-bond acceptors (Lipinski definition) is 3. The van der Waals surface area contributed by atoms with Crippen LogP contribution < -0.4 is 9.74 Å². The third kappa shape index (κ3) is 6.28. The van der Waals surface area contributed by atoms with E-state index in [1.165, 1.54) is 31.2 Å². The van der Waals surface area contributed by atoms with Crippen molar-refractivity contribution in [3.8, 4) is 5.75 Å². The Morgan fingerprint density at radius 2 is 1.74 bits per heavy atom. The first-order valence-corrected chi connectivity index (χ1v) is 12.6. The Bertz CT molecular complexity index is 449. The van der Waals surface area contributed by atoms with Crippen molar-refractivity contribution in [1.29, 1.82) is 0 Å². The van der Waals surface area contributed by atoms with Crippen LogP contribution in [0.25, 0.3) is 0 Å². The molecule has 0 unspecified atom stereocenters. The smallest absolute Gasteiger partial charge is 0.242 e. The molecule has 0 aromatic heterocycles. The zero-order valence-corrected chi connectivity index (χ0v) is 16.4. The van der Waals surface area contributed by atoms with Gasteiger partial charge in [0.05, 0.1) is 0 Å². The lowest BCUT2D eigenvalue weighted by molar-refractivity contribution is 0.162. The number of rotatable bonds is 8. The molecule has 1 N–H and O–H groups in total. The number of benzene rings is 1. The molecule has 1 saturated heterocycles. The van der Waals surface area contributed by atoms with E-state index in [0.717, 1.165) is 31.9 Å². The summed E-state index contributed by atoms with van der Waals surface area (Å²) in [5, 5.41) is 3.47. The fourth-order valence-corrected chi connectivity index (χ4v) is 4.10. The maximum Gasteiger partial charge on any atom is 0.242 e. The molecular weight excluding hydrogens is 300 g/mol. The van der Waals surface area contributed by atoms with Crippen molar-refractivity contribution in [2.45, 2.75) is 58.3 Å². The van der Waals surface area contributed by atoms with Crippen molar-refractivity contribution < 1.29 is 4.43 Å². The molecule has 23 heavy (non-hydrogen) atoms. The van der Waals surface area contributed by atoms with Gasteiger partial charge in [0.2, 0.25) is 8.32 Å². The average Bonchev–Trinajstić information content (AvgIpc) is 2.52. The van der Waals surface area contributed by atoms with E-state index in [9.17, 15) is 0 Å². The van der Waals surface area contributed by atoms with Gasteiger partial charge in [-0.25, -0.2) is 0 Å². The molecule has 1 fully saturated rings. The van der Waals surface area contributed by atoms with Crippen LogP contribution in [0.15, 0.2) is 24.3 Å². The maximum atomic E-state index is 6.10. The van der Waals surface area contributed by atoms with Crippen molar-refractivity contribution in [2.75, 3.05) is 26.2 Å². The highest BCUT2D eigenvalue weighted by atomic mass is 28.4. The van der Waals surface area contributed by atoms with Crippen LogP contribution in [0.4, 0.5) is 0 Å². The first-order valence-electron chi connectivity index (χ1n) is 9.23. The summed E-state index contributed by atoms with van der Waals surface area (Å²) in [5.74, 6) is 1.03. The second kappa shape index (κ2) is 8.86. The van der Waals surface area contributed by atoms with Gasteiger partial charge in [0.1, 0.15) is 5.75 Å². The second-order valence-corrected chi connectivity index (χ2v) is 12.0. The fourth-order valence-electron chi connectivity index (χ4n) is 3.25. The van der Waals surface area contributed by atoms with E-state index in [-0.39, 0.29) is 0 Å². The molecule has 1 heterocycles. The molecular formula is C19H34N2OSi. The van der Waals surface area contributed by atoms with Gasteiger partial charge >= 0.3 is 0 Å². The maximum absolute atomic E-state index is 6.10. The van der Waals surface area contributed by atoms with E-state index >= 15 is 0 Å². The van der Waals surface area contributed by atoms with E-state index in [4.69, 9.17) is 4.43 Å². The number of unbranched alkanes of at least 4 members (excludes halogenated alkanes) is 2. The normalized spacial score (nSPS) is 17.9. The van der Waals surface area contributed by atoms with Gasteiger partial charge in [0.15, 0.2) is 0 Å². The Morgan fingerprint density at radius 1 is 1.09 bits per heavy atom. The number of hydrogen-bond donors (Lipinski definition) is 1. The monoisotopic (exact) mass is 334 g/mol. The van der Waals surface area contributed by atoms with Gasteiger partial charge in [0.25, 0.3) is 0 Å². The molecule has 0 spiro atoms. The van der Waals surface area contributed by atoms with Gasteiger partial charge in [-0.05, 0) is 43.8 Å². The number of nitrogens with zero attached hydrogens (tertiary/aromatic N) is 1. The van der Waals surface area contributed by atoms with E-state index < -0.39 is 8.32 Å². The van der Waals surface area contributed by atoms with E-state index in [1.807, 2.05) is 0 Å². The third-order valence-corrected chi connectivity index (χ3v) is 5.21. The van der Waals surface area contributed by atoms with Crippen molar-refractivity contribution in [2.24, 2.45) is 0 Å². The highest BCUT2D eigenvalue weighted by molar-refractivity contribution is 6.70. The van der Waals surface area contributed by atoms with E-state index in [2.05, 4.69) is 61.0 Å². The molecule has 0 aliphatic carbocycles. The van der Waals surface area contributed by atoms with Crippen LogP contribution in [0.1, 0.15) is 44.2 Å². The zero-order valence-electron chi connectivity index (χ0n) is 15.4. The van der Waals surface area contributed by atoms with Crippen LogP contribution >= 0.6 is 0 Å². The molecule has 0 amide bonds. The van der Waals surface area contributed by atoms with Crippen LogP contribution in [0.5, 0.6) is 5.75 Å². The van der Waals surface area contributed by atoms with Gasteiger partial charge in [-0.3, -0.25) is 4.90 Å². The lowest BCUT2D eigenvalue weighted by Gasteiger charge is -2.35. The minimum absolute atomic E-state index is 0.560. The lowest BCUT2D eigenvalue weighted by atomic mass is 9.98. The summed E-state index contributed by atoms with van der Waals surface area (Å²) in [6.45, 7) is 13.5. The van der Waals surface area contributed by atoms with Crippen molar-refractivity contribution in [1.82, 2.24) is 10.2 Å². The van der Waals surface area contributed by atoms with Gasteiger partial charge in [-0.2, -0.15) is 0 Å². The predicted molar refractivity (Wildman–Crippen MR) is 102 cm³/mol. The Labute approximate surface area is 143 Å². The molecule has 1 aliphatic rings. The summed E-state index contributed by atoms with van der Waals surface area (Å²) in [6, 6.07) is 9.47. The summed E-state index contributed by atoms with van der Waals surface area (Å²) in [6.07, 6.45) is 5.21. The van der Waals surface area contributed by atoms with Crippen LogP contribution in [0, 0.1) is 0 Å². The average molecular weight is 335 g/mol. The van der Waals surface area contributed by atoms with Crippen LogP contribution in [0.3, 0.4) is 0 Å². The molecule has 2 rings (SSSR count). The summed E-state index contributed by atoms with van der Waals surface area (Å²) in [7, 11) is -1.52.